The molecule has 1 aliphatic heterocycles. The predicted molar refractivity (Wildman–Crippen MR) is 130 cm³/mol. The lowest BCUT2D eigenvalue weighted by atomic mass is 10.0. The van der Waals surface area contributed by atoms with E-state index in [4.69, 9.17) is 0 Å². The van der Waals surface area contributed by atoms with Crippen LogP contribution in [0.1, 0.15) is 54.9 Å². The molecule has 1 amide bonds. The van der Waals surface area contributed by atoms with Crippen LogP contribution in [0, 0.1) is 0 Å². The molecule has 31 heavy (non-hydrogen) atoms. The molecule has 0 spiro atoms. The Hall–Kier alpha value is -2.15. The summed E-state index contributed by atoms with van der Waals surface area (Å²) in [5.74, 6) is 0.170. The third kappa shape index (κ3) is 5.56. The van der Waals surface area contributed by atoms with E-state index in [0.717, 1.165) is 25.2 Å². The first-order valence-corrected chi connectivity index (χ1v) is 10.5. The largest absolute Gasteiger partial charge is 0.351 e. The van der Waals surface area contributed by atoms with Crippen LogP contribution in [0.15, 0.2) is 41.3 Å². The summed E-state index contributed by atoms with van der Waals surface area (Å²) >= 11 is 0. The molecule has 1 N–H and O–H groups in total. The van der Waals surface area contributed by atoms with Gasteiger partial charge in [-0.15, -0.1) is 24.8 Å². The minimum absolute atomic E-state index is 0. The molecule has 0 bridgehead atoms. The second-order valence-corrected chi connectivity index (χ2v) is 8.15. The first kappa shape index (κ1) is 25.1. The zero-order chi connectivity index (χ0) is 20.4. The Morgan fingerprint density at radius 3 is 2.55 bits per heavy atom. The summed E-state index contributed by atoms with van der Waals surface area (Å²) in [5, 5.41) is 3.56. The zero-order valence-electron chi connectivity index (χ0n) is 18.0. The lowest BCUT2D eigenvalue weighted by molar-refractivity contribution is 0.0946. The van der Waals surface area contributed by atoms with E-state index >= 15 is 0 Å². The molecule has 4 rings (SSSR count). The van der Waals surface area contributed by atoms with Gasteiger partial charge in [-0.1, -0.05) is 26.3 Å². The van der Waals surface area contributed by atoms with Crippen LogP contribution in [0.4, 0.5) is 0 Å². The number of nitrogens with zero attached hydrogens (tertiary/aromatic N) is 3. The number of piperidine rings is 1. The van der Waals surface area contributed by atoms with Crippen molar-refractivity contribution in [2.45, 2.75) is 39.0 Å². The van der Waals surface area contributed by atoms with Gasteiger partial charge in [0.2, 0.25) is 0 Å². The van der Waals surface area contributed by atoms with Crippen LogP contribution in [0.2, 0.25) is 0 Å². The van der Waals surface area contributed by atoms with Crippen LogP contribution >= 0.6 is 24.8 Å². The molecule has 6 nitrogen and oxygen atoms in total. The number of nitrogens with one attached hydrogen (secondary N) is 1. The Kier molecular flexibility index (Phi) is 8.86. The van der Waals surface area contributed by atoms with E-state index in [1.807, 2.05) is 18.2 Å². The standard InChI is InChI=1S/C23H28N4O2.2ClH/c1-16(2)17-6-8-20-19(14-17)23(29)27-15-18(7-9-21(27)25-20)22(28)24-10-13-26-11-4-3-5-12-26;;/h6-9,14-16H,3-5,10-13H2,1-2H3,(H,24,28);2*1H. The maximum absolute atomic E-state index is 13.0. The number of aromatic nitrogens is 2. The Balaban J connectivity index is 0.00000171. The molecule has 0 atom stereocenters. The molecule has 3 aromatic rings. The molecule has 168 valence electrons. The molecule has 1 fully saturated rings. The number of amides is 1. The smallest absolute Gasteiger partial charge is 0.265 e. The highest BCUT2D eigenvalue weighted by Crippen LogP contribution is 2.19. The first-order valence-electron chi connectivity index (χ1n) is 10.5. The number of fused-ring (bicyclic) bond motifs is 2. The van der Waals surface area contributed by atoms with Crippen LogP contribution in [-0.2, 0) is 0 Å². The van der Waals surface area contributed by atoms with Crippen LogP contribution in [0.3, 0.4) is 0 Å². The Morgan fingerprint density at radius 1 is 1.10 bits per heavy atom. The van der Waals surface area contributed by atoms with E-state index in [0.29, 0.717) is 34.6 Å². The van der Waals surface area contributed by atoms with E-state index in [1.165, 1.54) is 23.7 Å². The van der Waals surface area contributed by atoms with Crippen molar-refractivity contribution in [1.82, 2.24) is 19.6 Å². The van der Waals surface area contributed by atoms with Crippen LogP contribution in [0.25, 0.3) is 16.6 Å². The summed E-state index contributed by atoms with van der Waals surface area (Å²) in [7, 11) is 0. The second-order valence-electron chi connectivity index (χ2n) is 8.15. The van der Waals surface area contributed by atoms with Gasteiger partial charge in [0, 0.05) is 19.3 Å². The van der Waals surface area contributed by atoms with Gasteiger partial charge >= 0.3 is 0 Å². The fourth-order valence-corrected chi connectivity index (χ4v) is 3.93. The SMILES string of the molecule is CC(C)c1ccc2nc3ccc(C(=O)NCCN4CCCCC4)cn3c(=O)c2c1.Cl.Cl. The number of carbonyl (C=O) groups excluding carboxylic acids is 1. The number of benzene rings is 1. The number of likely N-dealkylation sites (tertiary alicyclic amines) is 1. The van der Waals surface area contributed by atoms with Gasteiger partial charge in [-0.25, -0.2) is 4.98 Å². The normalized spacial score (nSPS) is 14.3. The third-order valence-corrected chi connectivity index (χ3v) is 5.72. The molecular formula is C23H30Cl2N4O2. The maximum atomic E-state index is 13.0. The van der Waals surface area contributed by atoms with Crippen molar-refractivity contribution in [3.05, 3.63) is 58.0 Å². The number of rotatable bonds is 5. The summed E-state index contributed by atoms with van der Waals surface area (Å²) in [5.41, 5.74) is 2.65. The summed E-state index contributed by atoms with van der Waals surface area (Å²) in [6.45, 7) is 7.89. The average molecular weight is 465 g/mol. The van der Waals surface area contributed by atoms with Crippen LogP contribution in [0.5, 0.6) is 0 Å². The van der Waals surface area contributed by atoms with Crippen molar-refractivity contribution in [1.29, 1.82) is 0 Å². The van der Waals surface area contributed by atoms with E-state index in [1.54, 1.807) is 18.3 Å². The molecule has 1 aliphatic rings. The molecule has 0 saturated carbocycles. The molecular weight excluding hydrogens is 435 g/mol. The van der Waals surface area contributed by atoms with Gasteiger partial charge in [-0.05, 0) is 61.7 Å². The van der Waals surface area contributed by atoms with Crippen LogP contribution < -0.4 is 10.9 Å². The topological polar surface area (TPSA) is 66.7 Å². The van der Waals surface area contributed by atoms with Gasteiger partial charge in [0.25, 0.3) is 11.5 Å². The Bertz CT molecular complexity index is 1110. The van der Waals surface area contributed by atoms with Crippen molar-refractivity contribution in [2.75, 3.05) is 26.2 Å². The highest BCUT2D eigenvalue weighted by Gasteiger charge is 2.13. The monoisotopic (exact) mass is 464 g/mol. The van der Waals surface area contributed by atoms with Gasteiger partial charge in [-0.3, -0.25) is 14.0 Å². The van der Waals surface area contributed by atoms with Crippen molar-refractivity contribution >= 4 is 47.3 Å². The average Bonchev–Trinajstić information content (AvgIpc) is 2.74. The fourth-order valence-electron chi connectivity index (χ4n) is 3.93. The number of halogens is 2. The summed E-state index contributed by atoms with van der Waals surface area (Å²) < 4.78 is 1.48. The van der Waals surface area contributed by atoms with Gasteiger partial charge in [-0.2, -0.15) is 0 Å². The first-order chi connectivity index (χ1) is 14.0. The van der Waals surface area contributed by atoms with E-state index in [9.17, 15) is 9.59 Å². The molecule has 1 saturated heterocycles. The number of hydrogen-bond donors (Lipinski definition) is 1. The molecule has 0 unspecified atom stereocenters. The molecule has 8 heteroatoms. The van der Waals surface area contributed by atoms with Gasteiger partial charge in [0.15, 0.2) is 0 Å². The number of pyridine rings is 1. The second kappa shape index (κ2) is 10.9. The lowest BCUT2D eigenvalue weighted by Gasteiger charge is -2.26. The van der Waals surface area contributed by atoms with Gasteiger partial charge in [0.05, 0.1) is 16.5 Å². The van der Waals surface area contributed by atoms with Crippen molar-refractivity contribution in [2.24, 2.45) is 0 Å². The highest BCUT2D eigenvalue weighted by molar-refractivity contribution is 5.94. The van der Waals surface area contributed by atoms with Crippen LogP contribution in [-0.4, -0.2) is 46.4 Å². The minimum Gasteiger partial charge on any atom is -0.351 e. The zero-order valence-corrected chi connectivity index (χ0v) is 19.6. The summed E-state index contributed by atoms with van der Waals surface area (Å²) in [6, 6.07) is 9.28. The summed E-state index contributed by atoms with van der Waals surface area (Å²) in [4.78, 5) is 32.6. The molecule has 2 aromatic heterocycles. The van der Waals surface area contributed by atoms with E-state index in [-0.39, 0.29) is 36.3 Å². The molecule has 1 aromatic carbocycles. The quantitative estimate of drug-likeness (QED) is 0.578. The van der Waals surface area contributed by atoms with Gasteiger partial charge in [0.1, 0.15) is 5.65 Å². The Labute approximate surface area is 194 Å². The fraction of sp³-hybridized carbons (Fsp3) is 0.435. The predicted octanol–water partition coefficient (Wildman–Crippen LogP) is 4.03. The lowest BCUT2D eigenvalue weighted by Crippen LogP contribution is -2.37. The minimum atomic E-state index is -0.160. The van der Waals surface area contributed by atoms with Gasteiger partial charge < -0.3 is 10.2 Å². The maximum Gasteiger partial charge on any atom is 0.265 e. The van der Waals surface area contributed by atoms with Crippen molar-refractivity contribution < 1.29 is 4.79 Å². The third-order valence-electron chi connectivity index (χ3n) is 5.72. The molecule has 0 radical (unpaired) electrons. The highest BCUT2D eigenvalue weighted by atomic mass is 35.5. The molecule has 0 aliphatic carbocycles. The number of hydrogen-bond acceptors (Lipinski definition) is 4. The number of carbonyl (C=O) groups is 1. The Morgan fingerprint density at radius 2 is 1.84 bits per heavy atom. The van der Waals surface area contributed by atoms with E-state index in [2.05, 4.69) is 29.0 Å². The van der Waals surface area contributed by atoms with Crippen molar-refractivity contribution in [3.63, 3.8) is 0 Å². The molecule has 3 heterocycles. The van der Waals surface area contributed by atoms with Crippen molar-refractivity contribution in [3.8, 4) is 0 Å². The van der Waals surface area contributed by atoms with E-state index < -0.39 is 0 Å². The summed E-state index contributed by atoms with van der Waals surface area (Å²) in [6.07, 6.45) is 5.38.